The molecule has 1 saturated heterocycles. The molecule has 1 aliphatic heterocycles. The van der Waals surface area contributed by atoms with Crippen LogP contribution in [0.25, 0.3) is 0 Å². The Kier molecular flexibility index (Phi) is 5.06. The number of halogens is 1. The van der Waals surface area contributed by atoms with Gasteiger partial charge in [0.15, 0.2) is 6.61 Å². The van der Waals surface area contributed by atoms with Crippen molar-refractivity contribution in [3.63, 3.8) is 0 Å². The summed E-state index contributed by atoms with van der Waals surface area (Å²) in [6, 6.07) is 3.22. The molecule has 0 radical (unpaired) electrons. The number of piperidine rings is 1. The largest absolute Gasteiger partial charge is 0.484 e. The van der Waals surface area contributed by atoms with E-state index in [9.17, 15) is 9.18 Å². The average Bonchev–Trinajstić information content (AvgIpc) is 2.44. The van der Waals surface area contributed by atoms with E-state index in [4.69, 9.17) is 10.5 Å². The standard InChI is InChI=1S/C17H25FN2O2/c1-11(2)13-8-12(22-10-15(19)21)9-14(18)16(13)17(3)4-6-20-7-5-17/h8-9,11,20H,4-7,10H2,1-3H3,(H2,19,21). The quantitative estimate of drug-likeness (QED) is 0.878. The number of benzene rings is 1. The number of nitrogens with two attached hydrogens (primary N) is 1. The highest BCUT2D eigenvalue weighted by atomic mass is 19.1. The van der Waals surface area contributed by atoms with Crippen LogP contribution in [0.15, 0.2) is 12.1 Å². The number of rotatable bonds is 5. The summed E-state index contributed by atoms with van der Waals surface area (Å²) in [7, 11) is 0. The van der Waals surface area contributed by atoms with Crippen molar-refractivity contribution in [2.75, 3.05) is 19.7 Å². The molecule has 0 aromatic heterocycles. The van der Waals surface area contributed by atoms with Crippen LogP contribution in [-0.2, 0) is 10.2 Å². The van der Waals surface area contributed by atoms with Crippen LogP contribution in [0.1, 0.15) is 50.7 Å². The number of carbonyl (C=O) groups excluding carboxylic acids is 1. The van der Waals surface area contributed by atoms with Crippen LogP contribution >= 0.6 is 0 Å². The molecule has 0 bridgehead atoms. The normalized spacial score (nSPS) is 17.5. The Morgan fingerprint density at radius 3 is 2.59 bits per heavy atom. The summed E-state index contributed by atoms with van der Waals surface area (Å²) in [6.07, 6.45) is 1.82. The van der Waals surface area contributed by atoms with Crippen molar-refractivity contribution in [1.82, 2.24) is 5.32 Å². The van der Waals surface area contributed by atoms with Gasteiger partial charge in [-0.2, -0.15) is 0 Å². The molecule has 0 aliphatic carbocycles. The van der Waals surface area contributed by atoms with Gasteiger partial charge in [0, 0.05) is 6.07 Å². The third-order valence-corrected chi connectivity index (χ3v) is 4.41. The molecule has 122 valence electrons. The number of hydrogen-bond donors (Lipinski definition) is 2. The molecule has 1 amide bonds. The average molecular weight is 308 g/mol. The third kappa shape index (κ3) is 3.58. The predicted molar refractivity (Wildman–Crippen MR) is 84.6 cm³/mol. The summed E-state index contributed by atoms with van der Waals surface area (Å²) >= 11 is 0. The summed E-state index contributed by atoms with van der Waals surface area (Å²) in [5.41, 5.74) is 6.65. The van der Waals surface area contributed by atoms with Gasteiger partial charge >= 0.3 is 0 Å². The van der Waals surface area contributed by atoms with Gasteiger partial charge in [-0.1, -0.05) is 20.8 Å². The highest BCUT2D eigenvalue weighted by Gasteiger charge is 2.34. The molecule has 0 saturated carbocycles. The fourth-order valence-corrected chi connectivity index (χ4v) is 3.16. The van der Waals surface area contributed by atoms with E-state index in [1.54, 1.807) is 0 Å². The molecular formula is C17H25FN2O2. The number of carbonyl (C=O) groups is 1. The summed E-state index contributed by atoms with van der Waals surface area (Å²) in [4.78, 5) is 10.8. The molecule has 0 spiro atoms. The number of nitrogens with one attached hydrogen (secondary N) is 1. The first-order chi connectivity index (χ1) is 10.3. The second-order valence-electron chi connectivity index (χ2n) is 6.59. The van der Waals surface area contributed by atoms with Crippen LogP contribution in [-0.4, -0.2) is 25.6 Å². The van der Waals surface area contributed by atoms with Gasteiger partial charge in [0.1, 0.15) is 11.6 Å². The summed E-state index contributed by atoms with van der Waals surface area (Å²) in [5, 5.41) is 3.32. The van der Waals surface area contributed by atoms with Gasteiger partial charge in [-0.3, -0.25) is 4.79 Å². The molecular weight excluding hydrogens is 283 g/mol. The van der Waals surface area contributed by atoms with Crippen molar-refractivity contribution in [2.24, 2.45) is 5.73 Å². The Morgan fingerprint density at radius 2 is 2.05 bits per heavy atom. The van der Waals surface area contributed by atoms with Crippen LogP contribution in [0.4, 0.5) is 4.39 Å². The lowest BCUT2D eigenvalue weighted by Crippen LogP contribution is -2.39. The Labute approximate surface area is 131 Å². The maximum Gasteiger partial charge on any atom is 0.255 e. The first-order valence-corrected chi connectivity index (χ1v) is 7.79. The van der Waals surface area contributed by atoms with Crippen molar-refractivity contribution in [3.05, 3.63) is 29.1 Å². The lowest BCUT2D eigenvalue weighted by atomic mass is 9.71. The zero-order chi connectivity index (χ0) is 16.3. The first-order valence-electron chi connectivity index (χ1n) is 7.79. The maximum absolute atomic E-state index is 14.8. The zero-order valence-corrected chi connectivity index (χ0v) is 13.5. The van der Waals surface area contributed by atoms with Gasteiger partial charge in [-0.15, -0.1) is 0 Å². The van der Waals surface area contributed by atoms with E-state index in [2.05, 4.69) is 12.2 Å². The number of amides is 1. The van der Waals surface area contributed by atoms with E-state index in [1.165, 1.54) is 6.07 Å². The molecule has 2 rings (SSSR count). The lowest BCUT2D eigenvalue weighted by molar-refractivity contribution is -0.119. The van der Waals surface area contributed by atoms with Crippen molar-refractivity contribution in [2.45, 2.75) is 44.9 Å². The molecule has 5 heteroatoms. The smallest absolute Gasteiger partial charge is 0.255 e. The van der Waals surface area contributed by atoms with Crippen LogP contribution in [0.5, 0.6) is 5.75 Å². The molecule has 1 fully saturated rings. The minimum Gasteiger partial charge on any atom is -0.484 e. The minimum atomic E-state index is -0.569. The van der Waals surface area contributed by atoms with E-state index >= 15 is 0 Å². The van der Waals surface area contributed by atoms with Gasteiger partial charge in [-0.05, 0) is 54.5 Å². The summed E-state index contributed by atoms with van der Waals surface area (Å²) in [6.45, 7) is 7.77. The second-order valence-corrected chi connectivity index (χ2v) is 6.59. The van der Waals surface area contributed by atoms with Gasteiger partial charge in [0.2, 0.25) is 0 Å². The summed E-state index contributed by atoms with van der Waals surface area (Å²) < 4.78 is 20.1. The molecule has 1 heterocycles. The SMILES string of the molecule is CC(C)c1cc(OCC(N)=O)cc(F)c1C1(C)CCNCC1. The van der Waals surface area contributed by atoms with Crippen molar-refractivity contribution in [1.29, 1.82) is 0 Å². The minimum absolute atomic E-state index is 0.169. The molecule has 22 heavy (non-hydrogen) atoms. The molecule has 1 aromatic rings. The van der Waals surface area contributed by atoms with Gasteiger partial charge < -0.3 is 15.8 Å². The van der Waals surface area contributed by atoms with Crippen LogP contribution in [0.3, 0.4) is 0 Å². The molecule has 3 N–H and O–H groups in total. The zero-order valence-electron chi connectivity index (χ0n) is 13.5. The van der Waals surface area contributed by atoms with E-state index in [0.29, 0.717) is 5.75 Å². The van der Waals surface area contributed by atoms with Gasteiger partial charge in [0.25, 0.3) is 5.91 Å². The Hall–Kier alpha value is -1.62. The fraction of sp³-hybridized carbons (Fsp3) is 0.588. The highest BCUT2D eigenvalue weighted by Crippen LogP contribution is 2.40. The fourth-order valence-electron chi connectivity index (χ4n) is 3.16. The molecule has 4 nitrogen and oxygen atoms in total. The van der Waals surface area contributed by atoms with Crippen molar-refractivity contribution in [3.8, 4) is 5.75 Å². The van der Waals surface area contributed by atoms with E-state index in [0.717, 1.165) is 37.1 Å². The summed E-state index contributed by atoms with van der Waals surface area (Å²) in [5.74, 6) is -0.286. The van der Waals surface area contributed by atoms with E-state index in [1.807, 2.05) is 19.9 Å². The number of ether oxygens (including phenoxy) is 1. The Morgan fingerprint density at radius 1 is 1.41 bits per heavy atom. The second kappa shape index (κ2) is 6.65. The van der Waals surface area contributed by atoms with E-state index in [-0.39, 0.29) is 23.8 Å². The van der Waals surface area contributed by atoms with E-state index < -0.39 is 5.91 Å². The lowest BCUT2D eigenvalue weighted by Gasteiger charge is -2.37. The topological polar surface area (TPSA) is 64.3 Å². The van der Waals surface area contributed by atoms with Gasteiger partial charge in [-0.25, -0.2) is 4.39 Å². The van der Waals surface area contributed by atoms with Crippen molar-refractivity contribution >= 4 is 5.91 Å². The molecule has 0 unspecified atom stereocenters. The first kappa shape index (κ1) is 16.7. The Balaban J connectivity index is 2.42. The number of hydrogen-bond acceptors (Lipinski definition) is 3. The molecule has 1 aliphatic rings. The molecule has 0 atom stereocenters. The Bertz CT molecular complexity index is 552. The van der Waals surface area contributed by atoms with Crippen molar-refractivity contribution < 1.29 is 13.9 Å². The maximum atomic E-state index is 14.8. The van der Waals surface area contributed by atoms with Gasteiger partial charge in [0.05, 0.1) is 0 Å². The third-order valence-electron chi connectivity index (χ3n) is 4.41. The monoisotopic (exact) mass is 308 g/mol. The predicted octanol–water partition coefficient (Wildman–Crippen LogP) is 2.45. The number of primary amides is 1. The van der Waals surface area contributed by atoms with Crippen LogP contribution in [0.2, 0.25) is 0 Å². The van der Waals surface area contributed by atoms with Crippen LogP contribution < -0.4 is 15.8 Å². The highest BCUT2D eigenvalue weighted by molar-refractivity contribution is 5.75. The molecule has 1 aromatic carbocycles. The van der Waals surface area contributed by atoms with Crippen LogP contribution in [0, 0.1) is 5.82 Å².